The smallest absolute Gasteiger partial charge is 0.258 e. The minimum absolute atomic E-state index is 0.106. The number of rotatable bonds is 5. The van der Waals surface area contributed by atoms with Crippen molar-refractivity contribution < 1.29 is 9.53 Å². The summed E-state index contributed by atoms with van der Waals surface area (Å²) in [4.78, 5) is 11.6. The lowest BCUT2D eigenvalue weighted by molar-refractivity contribution is -0.123. The van der Waals surface area contributed by atoms with E-state index in [1.807, 2.05) is 0 Å². The molecule has 94 valence electrons. The molecule has 0 bridgehead atoms. The first-order valence-corrected chi connectivity index (χ1v) is 6.14. The molecule has 1 amide bonds. The summed E-state index contributed by atoms with van der Waals surface area (Å²) in [7, 11) is 0. The Kier molecular flexibility index (Phi) is 4.06. The standard InChI is InChI=1S/C13H13ClN2O2/c14-10-2-1-3-11(6-10)18-8-13(17)16-12(7-15)9-4-5-9/h1-3,6,9,12H,4-5,8H2,(H,16,17). The minimum Gasteiger partial charge on any atom is -0.484 e. The topological polar surface area (TPSA) is 62.1 Å². The summed E-state index contributed by atoms with van der Waals surface area (Å²) in [6.45, 7) is -0.106. The van der Waals surface area contributed by atoms with Crippen molar-refractivity contribution in [2.24, 2.45) is 5.92 Å². The molecule has 18 heavy (non-hydrogen) atoms. The van der Waals surface area contributed by atoms with Gasteiger partial charge in [0.25, 0.3) is 5.91 Å². The predicted molar refractivity (Wildman–Crippen MR) is 67.2 cm³/mol. The lowest BCUT2D eigenvalue weighted by atomic mass is 10.2. The summed E-state index contributed by atoms with van der Waals surface area (Å²) >= 11 is 5.79. The number of benzene rings is 1. The quantitative estimate of drug-likeness (QED) is 0.886. The lowest BCUT2D eigenvalue weighted by Crippen LogP contribution is -2.38. The van der Waals surface area contributed by atoms with Crippen molar-refractivity contribution in [3.05, 3.63) is 29.3 Å². The number of carbonyl (C=O) groups is 1. The highest BCUT2D eigenvalue weighted by molar-refractivity contribution is 6.30. The van der Waals surface area contributed by atoms with E-state index in [-0.39, 0.29) is 18.6 Å². The van der Waals surface area contributed by atoms with Gasteiger partial charge in [-0.25, -0.2) is 0 Å². The molecule has 1 saturated carbocycles. The predicted octanol–water partition coefficient (Wildman–Crippen LogP) is 2.14. The van der Waals surface area contributed by atoms with E-state index in [0.717, 1.165) is 12.8 Å². The lowest BCUT2D eigenvalue weighted by Gasteiger charge is -2.11. The van der Waals surface area contributed by atoms with Gasteiger partial charge in [-0.2, -0.15) is 5.26 Å². The first kappa shape index (κ1) is 12.7. The molecule has 2 rings (SSSR count). The van der Waals surface area contributed by atoms with Gasteiger partial charge in [-0.1, -0.05) is 17.7 Å². The van der Waals surface area contributed by atoms with Crippen molar-refractivity contribution in [3.63, 3.8) is 0 Å². The van der Waals surface area contributed by atoms with Gasteiger partial charge in [0.15, 0.2) is 6.61 Å². The highest BCUT2D eigenvalue weighted by Crippen LogP contribution is 2.32. The Hall–Kier alpha value is -1.73. The molecule has 0 radical (unpaired) electrons. The molecule has 0 aromatic heterocycles. The zero-order valence-corrected chi connectivity index (χ0v) is 10.5. The molecule has 1 aliphatic carbocycles. The Balaban J connectivity index is 1.79. The zero-order chi connectivity index (χ0) is 13.0. The van der Waals surface area contributed by atoms with E-state index >= 15 is 0 Å². The number of hydrogen-bond donors (Lipinski definition) is 1. The van der Waals surface area contributed by atoms with Gasteiger partial charge in [0.05, 0.1) is 6.07 Å². The number of nitrogens with one attached hydrogen (secondary N) is 1. The van der Waals surface area contributed by atoms with Crippen LogP contribution in [0.5, 0.6) is 5.75 Å². The zero-order valence-electron chi connectivity index (χ0n) is 9.73. The van der Waals surface area contributed by atoms with Crippen LogP contribution in [0.2, 0.25) is 5.02 Å². The molecule has 0 spiro atoms. The molecule has 0 saturated heterocycles. The first-order valence-electron chi connectivity index (χ1n) is 5.76. The fraction of sp³-hybridized carbons (Fsp3) is 0.385. The van der Waals surface area contributed by atoms with E-state index in [2.05, 4.69) is 11.4 Å². The summed E-state index contributed by atoms with van der Waals surface area (Å²) in [5.74, 6) is 0.566. The van der Waals surface area contributed by atoms with Crippen molar-refractivity contribution in [2.45, 2.75) is 18.9 Å². The summed E-state index contributed by atoms with van der Waals surface area (Å²) in [6, 6.07) is 8.54. The third kappa shape index (κ3) is 3.64. The number of carbonyl (C=O) groups excluding carboxylic acids is 1. The molecule has 1 aromatic carbocycles. The summed E-state index contributed by atoms with van der Waals surface area (Å²) in [5.41, 5.74) is 0. The molecule has 1 N–H and O–H groups in total. The van der Waals surface area contributed by atoms with Crippen LogP contribution in [0.1, 0.15) is 12.8 Å². The first-order chi connectivity index (χ1) is 8.69. The molecule has 1 fully saturated rings. The maximum absolute atomic E-state index is 11.6. The minimum atomic E-state index is -0.388. The maximum Gasteiger partial charge on any atom is 0.258 e. The molecule has 1 unspecified atom stereocenters. The Morgan fingerprint density at radius 3 is 3.00 bits per heavy atom. The van der Waals surface area contributed by atoms with Crippen LogP contribution in [0.3, 0.4) is 0 Å². The SMILES string of the molecule is N#CC(NC(=O)COc1cccc(Cl)c1)C1CC1. The van der Waals surface area contributed by atoms with Crippen molar-refractivity contribution in [1.29, 1.82) is 5.26 Å². The highest BCUT2D eigenvalue weighted by atomic mass is 35.5. The summed E-state index contributed by atoms with van der Waals surface area (Å²) in [6.07, 6.45) is 2.02. The Morgan fingerprint density at radius 2 is 2.39 bits per heavy atom. The molecule has 5 heteroatoms. The van der Waals surface area contributed by atoms with E-state index in [9.17, 15) is 4.79 Å². The number of amides is 1. The summed E-state index contributed by atoms with van der Waals surface area (Å²) in [5, 5.41) is 12.1. The highest BCUT2D eigenvalue weighted by Gasteiger charge is 2.32. The normalized spacial score (nSPS) is 15.6. The van der Waals surface area contributed by atoms with Gasteiger partial charge < -0.3 is 10.1 Å². The van der Waals surface area contributed by atoms with Crippen LogP contribution in [0.15, 0.2) is 24.3 Å². The second-order valence-corrected chi connectivity index (χ2v) is 4.69. The van der Waals surface area contributed by atoms with Gasteiger partial charge in [0, 0.05) is 5.02 Å². The average molecular weight is 265 g/mol. The Morgan fingerprint density at radius 1 is 1.61 bits per heavy atom. The van der Waals surface area contributed by atoms with E-state index in [0.29, 0.717) is 16.7 Å². The molecule has 1 aliphatic rings. The van der Waals surface area contributed by atoms with Gasteiger partial charge >= 0.3 is 0 Å². The fourth-order valence-electron chi connectivity index (χ4n) is 1.61. The third-order valence-corrected chi connectivity index (χ3v) is 2.95. The van der Waals surface area contributed by atoms with Gasteiger partial charge in [-0.15, -0.1) is 0 Å². The van der Waals surface area contributed by atoms with Crippen molar-refractivity contribution in [2.75, 3.05) is 6.61 Å². The van der Waals surface area contributed by atoms with E-state index in [1.54, 1.807) is 24.3 Å². The number of nitriles is 1. The number of nitrogens with zero attached hydrogens (tertiary/aromatic N) is 1. The second-order valence-electron chi connectivity index (χ2n) is 4.26. The van der Waals surface area contributed by atoms with Crippen LogP contribution < -0.4 is 10.1 Å². The van der Waals surface area contributed by atoms with Crippen LogP contribution >= 0.6 is 11.6 Å². The van der Waals surface area contributed by atoms with Crippen molar-refractivity contribution in [3.8, 4) is 11.8 Å². The number of hydrogen-bond acceptors (Lipinski definition) is 3. The number of ether oxygens (including phenoxy) is 1. The molecule has 1 aromatic rings. The van der Waals surface area contributed by atoms with Gasteiger partial charge in [0.1, 0.15) is 11.8 Å². The van der Waals surface area contributed by atoms with Crippen LogP contribution in [0.25, 0.3) is 0 Å². The molecule has 0 aliphatic heterocycles. The van der Waals surface area contributed by atoms with E-state index in [4.69, 9.17) is 21.6 Å². The fourth-order valence-corrected chi connectivity index (χ4v) is 1.79. The van der Waals surface area contributed by atoms with Crippen molar-refractivity contribution >= 4 is 17.5 Å². The Bertz CT molecular complexity index is 480. The van der Waals surface area contributed by atoms with Gasteiger partial charge in [-0.3, -0.25) is 4.79 Å². The number of halogens is 1. The van der Waals surface area contributed by atoms with Gasteiger partial charge in [-0.05, 0) is 37.0 Å². The molecule has 1 atom stereocenters. The van der Waals surface area contributed by atoms with Crippen molar-refractivity contribution in [1.82, 2.24) is 5.32 Å². The maximum atomic E-state index is 11.6. The van der Waals surface area contributed by atoms with Gasteiger partial charge in [0.2, 0.25) is 0 Å². The Labute approximate surface area is 111 Å². The molecular weight excluding hydrogens is 252 g/mol. The van der Waals surface area contributed by atoms with Crippen LogP contribution in [-0.4, -0.2) is 18.6 Å². The molecular formula is C13H13ClN2O2. The molecule has 4 nitrogen and oxygen atoms in total. The second kappa shape index (κ2) is 5.74. The summed E-state index contributed by atoms with van der Waals surface area (Å²) < 4.78 is 5.29. The molecule has 0 heterocycles. The largest absolute Gasteiger partial charge is 0.484 e. The third-order valence-electron chi connectivity index (χ3n) is 2.72. The van der Waals surface area contributed by atoms with Crippen LogP contribution in [0, 0.1) is 17.2 Å². The average Bonchev–Trinajstić information content (AvgIpc) is 3.18. The van der Waals surface area contributed by atoms with Crippen LogP contribution in [-0.2, 0) is 4.79 Å². The van der Waals surface area contributed by atoms with E-state index < -0.39 is 0 Å². The van der Waals surface area contributed by atoms with E-state index in [1.165, 1.54) is 0 Å². The monoisotopic (exact) mass is 264 g/mol. The van der Waals surface area contributed by atoms with Crippen LogP contribution in [0.4, 0.5) is 0 Å².